The van der Waals surface area contributed by atoms with E-state index in [1.165, 1.54) is 33.0 Å². The Morgan fingerprint density at radius 1 is 0.789 bits per heavy atom. The average molecular weight is 247 g/mol. The van der Waals surface area contributed by atoms with E-state index in [0.717, 1.165) is 5.69 Å². The number of hydrogen-bond acceptors (Lipinski definition) is 1. The normalized spacial score (nSPS) is 10.9. The zero-order chi connectivity index (χ0) is 13.4. The molecule has 1 heterocycles. The fraction of sp³-hybridized carbons (Fsp3) is 0.167. The molecule has 0 bridgehead atoms. The highest BCUT2D eigenvalue weighted by Gasteiger charge is 2.09. The lowest BCUT2D eigenvalue weighted by Crippen LogP contribution is -1.91. The molecule has 0 saturated carbocycles. The van der Waals surface area contributed by atoms with Crippen LogP contribution in [0.4, 0.5) is 0 Å². The van der Waals surface area contributed by atoms with Gasteiger partial charge in [0.2, 0.25) is 0 Å². The van der Waals surface area contributed by atoms with E-state index in [-0.39, 0.29) is 0 Å². The van der Waals surface area contributed by atoms with Gasteiger partial charge in [-0.3, -0.25) is 4.98 Å². The largest absolute Gasteiger partial charge is 0.255 e. The van der Waals surface area contributed by atoms with Crippen LogP contribution in [0.3, 0.4) is 0 Å². The van der Waals surface area contributed by atoms with Gasteiger partial charge >= 0.3 is 0 Å². The van der Waals surface area contributed by atoms with E-state index in [9.17, 15) is 0 Å². The molecule has 0 aliphatic heterocycles. The molecule has 1 nitrogen and oxygen atoms in total. The van der Waals surface area contributed by atoms with Crippen LogP contribution in [0, 0.1) is 20.8 Å². The standard InChI is InChI=1S/C18H17N/c1-12-8-9-15-14(3)11-19-18(17(15)10-12)16-7-5-4-6-13(16)2/h4-11H,1-3H3. The van der Waals surface area contributed by atoms with Crippen molar-refractivity contribution in [1.29, 1.82) is 0 Å². The van der Waals surface area contributed by atoms with Crippen molar-refractivity contribution in [1.82, 2.24) is 4.98 Å². The van der Waals surface area contributed by atoms with Gasteiger partial charge in [0.05, 0.1) is 5.69 Å². The Kier molecular flexibility index (Phi) is 2.83. The molecule has 1 heteroatoms. The number of nitrogens with zero attached hydrogens (tertiary/aromatic N) is 1. The molecule has 0 fully saturated rings. The van der Waals surface area contributed by atoms with Gasteiger partial charge < -0.3 is 0 Å². The minimum atomic E-state index is 1.09. The maximum Gasteiger partial charge on any atom is 0.0783 e. The fourth-order valence-corrected chi connectivity index (χ4v) is 2.55. The zero-order valence-corrected chi connectivity index (χ0v) is 11.6. The molecule has 0 amide bonds. The number of aryl methyl sites for hydroxylation is 3. The quantitative estimate of drug-likeness (QED) is 0.600. The van der Waals surface area contributed by atoms with Crippen LogP contribution in [0.25, 0.3) is 22.0 Å². The molecule has 94 valence electrons. The lowest BCUT2D eigenvalue weighted by molar-refractivity contribution is 1.29. The van der Waals surface area contributed by atoms with Crippen LogP contribution in [-0.2, 0) is 0 Å². The summed E-state index contributed by atoms with van der Waals surface area (Å²) in [5, 5.41) is 2.54. The Labute approximate surface area is 113 Å². The van der Waals surface area contributed by atoms with Crippen molar-refractivity contribution in [3.8, 4) is 11.3 Å². The molecule has 0 spiro atoms. The summed E-state index contributed by atoms with van der Waals surface area (Å²) in [5.74, 6) is 0. The molecule has 0 N–H and O–H groups in total. The highest BCUT2D eigenvalue weighted by molar-refractivity contribution is 5.97. The van der Waals surface area contributed by atoms with Gasteiger partial charge in [0, 0.05) is 17.1 Å². The van der Waals surface area contributed by atoms with Crippen molar-refractivity contribution in [2.75, 3.05) is 0 Å². The second kappa shape index (κ2) is 4.51. The Bertz CT molecular complexity index is 757. The molecule has 3 aromatic rings. The Morgan fingerprint density at radius 2 is 1.58 bits per heavy atom. The second-order valence-electron chi connectivity index (χ2n) is 5.15. The van der Waals surface area contributed by atoms with Crippen LogP contribution in [0.2, 0.25) is 0 Å². The predicted octanol–water partition coefficient (Wildman–Crippen LogP) is 4.83. The van der Waals surface area contributed by atoms with E-state index < -0.39 is 0 Å². The summed E-state index contributed by atoms with van der Waals surface area (Å²) in [6, 6.07) is 15.0. The van der Waals surface area contributed by atoms with Gasteiger partial charge in [0.15, 0.2) is 0 Å². The van der Waals surface area contributed by atoms with E-state index >= 15 is 0 Å². The molecule has 0 aliphatic rings. The molecule has 0 radical (unpaired) electrons. The molecule has 0 atom stereocenters. The first-order chi connectivity index (χ1) is 9.16. The summed E-state index contributed by atoms with van der Waals surface area (Å²) in [6.45, 7) is 6.38. The van der Waals surface area contributed by atoms with Gasteiger partial charge in [-0.1, -0.05) is 42.0 Å². The van der Waals surface area contributed by atoms with Crippen LogP contribution in [-0.4, -0.2) is 4.98 Å². The number of rotatable bonds is 1. The number of aromatic nitrogens is 1. The smallest absolute Gasteiger partial charge is 0.0783 e. The van der Waals surface area contributed by atoms with Crippen LogP contribution >= 0.6 is 0 Å². The first-order valence-electron chi connectivity index (χ1n) is 6.59. The predicted molar refractivity (Wildman–Crippen MR) is 81.4 cm³/mol. The first kappa shape index (κ1) is 11.9. The molecule has 2 aromatic carbocycles. The molecule has 0 saturated heterocycles. The van der Waals surface area contributed by atoms with Gasteiger partial charge in [-0.15, -0.1) is 0 Å². The number of benzene rings is 2. The Balaban J connectivity index is 2.39. The van der Waals surface area contributed by atoms with Crippen molar-refractivity contribution in [3.63, 3.8) is 0 Å². The van der Waals surface area contributed by atoms with Crippen molar-refractivity contribution in [2.45, 2.75) is 20.8 Å². The highest BCUT2D eigenvalue weighted by Crippen LogP contribution is 2.30. The van der Waals surface area contributed by atoms with E-state index in [4.69, 9.17) is 0 Å². The van der Waals surface area contributed by atoms with Gasteiger partial charge in [0.25, 0.3) is 0 Å². The van der Waals surface area contributed by atoms with Crippen molar-refractivity contribution in [3.05, 3.63) is 65.4 Å². The number of hydrogen-bond donors (Lipinski definition) is 0. The molecule has 0 aliphatic carbocycles. The first-order valence-corrected chi connectivity index (χ1v) is 6.59. The summed E-state index contributed by atoms with van der Waals surface area (Å²) < 4.78 is 0. The van der Waals surface area contributed by atoms with Crippen molar-refractivity contribution >= 4 is 10.8 Å². The highest BCUT2D eigenvalue weighted by atomic mass is 14.7. The SMILES string of the molecule is Cc1ccc2c(C)cnc(-c3ccccc3C)c2c1. The molecule has 19 heavy (non-hydrogen) atoms. The van der Waals surface area contributed by atoms with Gasteiger partial charge in [-0.2, -0.15) is 0 Å². The molecule has 0 unspecified atom stereocenters. The van der Waals surface area contributed by atoms with Gasteiger partial charge in [0.1, 0.15) is 0 Å². The molecule has 1 aromatic heterocycles. The molecular formula is C18H17N. The summed E-state index contributed by atoms with van der Waals surface area (Å²) in [5.41, 5.74) is 6.07. The summed E-state index contributed by atoms with van der Waals surface area (Å²) >= 11 is 0. The third-order valence-electron chi connectivity index (χ3n) is 3.64. The Morgan fingerprint density at radius 3 is 2.37 bits per heavy atom. The van der Waals surface area contributed by atoms with E-state index in [1.54, 1.807) is 0 Å². The van der Waals surface area contributed by atoms with Gasteiger partial charge in [-0.05, 0) is 43.4 Å². The third kappa shape index (κ3) is 2.01. The fourth-order valence-electron chi connectivity index (χ4n) is 2.55. The minimum absolute atomic E-state index is 1.09. The molecular weight excluding hydrogens is 230 g/mol. The maximum absolute atomic E-state index is 4.68. The second-order valence-corrected chi connectivity index (χ2v) is 5.15. The van der Waals surface area contributed by atoms with E-state index in [0.29, 0.717) is 0 Å². The van der Waals surface area contributed by atoms with Crippen LogP contribution in [0.15, 0.2) is 48.7 Å². The minimum Gasteiger partial charge on any atom is -0.255 e. The van der Waals surface area contributed by atoms with Crippen molar-refractivity contribution in [2.24, 2.45) is 0 Å². The third-order valence-corrected chi connectivity index (χ3v) is 3.64. The lowest BCUT2D eigenvalue weighted by atomic mass is 9.97. The van der Waals surface area contributed by atoms with Crippen LogP contribution in [0.1, 0.15) is 16.7 Å². The van der Waals surface area contributed by atoms with E-state index in [2.05, 4.69) is 68.2 Å². The van der Waals surface area contributed by atoms with Crippen LogP contribution in [0.5, 0.6) is 0 Å². The topological polar surface area (TPSA) is 12.9 Å². The van der Waals surface area contributed by atoms with Crippen molar-refractivity contribution < 1.29 is 0 Å². The van der Waals surface area contributed by atoms with Gasteiger partial charge in [-0.25, -0.2) is 0 Å². The summed E-state index contributed by atoms with van der Waals surface area (Å²) in [4.78, 5) is 4.68. The Hall–Kier alpha value is -2.15. The average Bonchev–Trinajstić information content (AvgIpc) is 2.40. The number of fused-ring (bicyclic) bond motifs is 1. The number of pyridine rings is 1. The monoisotopic (exact) mass is 247 g/mol. The maximum atomic E-state index is 4.68. The zero-order valence-electron chi connectivity index (χ0n) is 11.6. The van der Waals surface area contributed by atoms with E-state index in [1.807, 2.05) is 6.20 Å². The summed E-state index contributed by atoms with van der Waals surface area (Å²) in [6.07, 6.45) is 1.97. The molecule has 3 rings (SSSR count). The lowest BCUT2D eigenvalue weighted by Gasteiger charge is -2.11. The summed E-state index contributed by atoms with van der Waals surface area (Å²) in [7, 11) is 0. The van der Waals surface area contributed by atoms with Crippen LogP contribution < -0.4 is 0 Å².